The predicted molar refractivity (Wildman–Crippen MR) is 122 cm³/mol. The van der Waals surface area contributed by atoms with E-state index in [9.17, 15) is 5.11 Å². The molecule has 4 rings (SSSR count). The summed E-state index contributed by atoms with van der Waals surface area (Å²) in [7, 11) is 1.71. The molecule has 0 saturated carbocycles. The topological polar surface area (TPSA) is 62.5 Å². The molecule has 3 heterocycles. The first kappa shape index (κ1) is 20.4. The highest BCUT2D eigenvalue weighted by Crippen LogP contribution is 2.45. The average Bonchev–Trinajstić information content (AvgIpc) is 3.23. The molecule has 0 spiro atoms. The Morgan fingerprint density at radius 3 is 2.63 bits per heavy atom. The third-order valence-electron chi connectivity index (χ3n) is 5.69. The van der Waals surface area contributed by atoms with Crippen LogP contribution in [0.1, 0.15) is 34.7 Å². The first-order valence-corrected chi connectivity index (χ1v) is 10.4. The number of ether oxygens (including phenoxy) is 1. The molecule has 1 saturated heterocycles. The van der Waals surface area contributed by atoms with Crippen LogP contribution in [0.15, 0.2) is 54.7 Å². The molecule has 1 aliphatic rings. The van der Waals surface area contributed by atoms with Gasteiger partial charge in [-0.1, -0.05) is 18.2 Å². The number of rotatable bonds is 6. The monoisotopic (exact) mass is 422 g/mol. The van der Waals surface area contributed by atoms with Crippen LogP contribution < -0.4 is 10.2 Å². The summed E-state index contributed by atoms with van der Waals surface area (Å²) >= 11 is 5.74. The van der Waals surface area contributed by atoms with Crippen molar-refractivity contribution in [1.82, 2.24) is 14.9 Å². The Balaban J connectivity index is 1.86. The summed E-state index contributed by atoms with van der Waals surface area (Å²) < 4.78 is 7.56. The second-order valence-corrected chi connectivity index (χ2v) is 7.84. The molecule has 2 N–H and O–H groups in total. The predicted octanol–water partition coefficient (Wildman–Crippen LogP) is 4.03. The third kappa shape index (κ3) is 3.55. The summed E-state index contributed by atoms with van der Waals surface area (Å²) in [5.74, 6) is 0.196. The number of nitrogens with one attached hydrogen (secondary N) is 1. The number of aromatic nitrogens is 2. The number of methoxy groups -OCH3 is 1. The van der Waals surface area contributed by atoms with Gasteiger partial charge in [-0.25, -0.2) is 0 Å². The molecule has 30 heavy (non-hydrogen) atoms. The maximum absolute atomic E-state index is 10.6. The number of nitrogens with zero attached hydrogens (tertiary/aromatic N) is 3. The van der Waals surface area contributed by atoms with Crippen LogP contribution in [0, 0.1) is 13.8 Å². The van der Waals surface area contributed by atoms with Gasteiger partial charge in [-0.2, -0.15) is 0 Å². The zero-order valence-electron chi connectivity index (χ0n) is 17.4. The van der Waals surface area contributed by atoms with E-state index in [1.54, 1.807) is 19.4 Å². The lowest BCUT2D eigenvalue weighted by Crippen LogP contribution is -2.29. The van der Waals surface area contributed by atoms with Gasteiger partial charge in [0.05, 0.1) is 30.1 Å². The van der Waals surface area contributed by atoms with Crippen molar-refractivity contribution in [3.63, 3.8) is 0 Å². The standard InChI is InChI=1S/C23H26N4O2S/c1-15-14-17(16(2)26(15)12-13-29-3)22-21(18-8-6-7-11-24-18)25-23(30)27(22)19-9-4-5-10-20(19)28/h4-11,14,21-22,28H,12-13H2,1-3H3,(H,25,30). The van der Waals surface area contributed by atoms with Gasteiger partial charge in [0.25, 0.3) is 0 Å². The third-order valence-corrected chi connectivity index (χ3v) is 6.00. The molecular weight excluding hydrogens is 396 g/mol. The number of aryl methyl sites for hydroxylation is 1. The second-order valence-electron chi connectivity index (χ2n) is 7.46. The number of anilines is 1. The molecule has 156 valence electrons. The summed E-state index contributed by atoms with van der Waals surface area (Å²) in [6.07, 6.45) is 1.79. The van der Waals surface area contributed by atoms with Gasteiger partial charge in [-0.05, 0) is 62.0 Å². The fourth-order valence-corrected chi connectivity index (χ4v) is 4.59. The zero-order valence-corrected chi connectivity index (χ0v) is 18.2. The molecular formula is C23H26N4O2S. The maximum atomic E-state index is 10.6. The highest BCUT2D eigenvalue weighted by molar-refractivity contribution is 7.80. The molecule has 0 bridgehead atoms. The van der Waals surface area contributed by atoms with Crippen LogP contribution in [-0.2, 0) is 11.3 Å². The summed E-state index contributed by atoms with van der Waals surface area (Å²) in [5.41, 5.74) is 5.05. The quantitative estimate of drug-likeness (QED) is 0.585. The largest absolute Gasteiger partial charge is 0.506 e. The lowest BCUT2D eigenvalue weighted by Gasteiger charge is -2.28. The Hall–Kier alpha value is -2.90. The Bertz CT molecular complexity index is 1050. The van der Waals surface area contributed by atoms with Crippen molar-refractivity contribution in [1.29, 1.82) is 0 Å². The molecule has 0 amide bonds. The SMILES string of the molecule is COCCn1c(C)cc(C2C(c3ccccn3)NC(=S)N2c2ccccc2O)c1C. The minimum absolute atomic E-state index is 0.144. The molecule has 2 aromatic heterocycles. The summed E-state index contributed by atoms with van der Waals surface area (Å²) in [4.78, 5) is 6.60. The van der Waals surface area contributed by atoms with Crippen molar-refractivity contribution in [2.24, 2.45) is 0 Å². The Labute approximate surface area is 182 Å². The number of thiocarbonyl (C=S) groups is 1. The number of aromatic hydroxyl groups is 1. The molecule has 7 heteroatoms. The number of pyridine rings is 1. The number of para-hydroxylation sites is 2. The average molecular weight is 423 g/mol. The van der Waals surface area contributed by atoms with Crippen LogP contribution in [0.3, 0.4) is 0 Å². The van der Waals surface area contributed by atoms with Crippen molar-refractivity contribution in [3.05, 3.63) is 77.4 Å². The number of phenols is 1. The van der Waals surface area contributed by atoms with Crippen molar-refractivity contribution < 1.29 is 9.84 Å². The second kappa shape index (κ2) is 8.45. The molecule has 2 unspecified atom stereocenters. The molecule has 3 aromatic rings. The first-order valence-electron chi connectivity index (χ1n) is 9.97. The normalized spacial score (nSPS) is 18.6. The minimum Gasteiger partial charge on any atom is -0.506 e. The Kier molecular flexibility index (Phi) is 5.74. The van der Waals surface area contributed by atoms with E-state index in [2.05, 4.69) is 34.8 Å². The fourth-order valence-electron chi connectivity index (χ4n) is 4.25. The highest BCUT2D eigenvalue weighted by Gasteiger charge is 2.42. The molecule has 0 aliphatic carbocycles. The molecule has 2 atom stereocenters. The first-order chi connectivity index (χ1) is 14.5. The molecule has 1 aromatic carbocycles. The van der Waals surface area contributed by atoms with E-state index < -0.39 is 0 Å². The van der Waals surface area contributed by atoms with Crippen LogP contribution in [0.2, 0.25) is 0 Å². The summed E-state index contributed by atoms with van der Waals surface area (Å²) in [6, 6.07) is 15.1. The van der Waals surface area contributed by atoms with E-state index in [-0.39, 0.29) is 17.8 Å². The van der Waals surface area contributed by atoms with Crippen molar-refractivity contribution in [2.45, 2.75) is 32.5 Å². The summed E-state index contributed by atoms with van der Waals surface area (Å²) in [6.45, 7) is 5.65. The van der Waals surface area contributed by atoms with Crippen LogP contribution in [0.4, 0.5) is 5.69 Å². The highest BCUT2D eigenvalue weighted by atomic mass is 32.1. The molecule has 6 nitrogen and oxygen atoms in total. The van der Waals surface area contributed by atoms with E-state index in [0.717, 1.165) is 29.2 Å². The fraction of sp³-hybridized carbons (Fsp3) is 0.304. The molecule has 1 fully saturated rings. The maximum Gasteiger partial charge on any atom is 0.174 e. The zero-order chi connectivity index (χ0) is 21.3. The number of benzene rings is 1. The number of hydrogen-bond acceptors (Lipinski definition) is 4. The van der Waals surface area contributed by atoms with Gasteiger partial charge < -0.3 is 24.6 Å². The van der Waals surface area contributed by atoms with Gasteiger partial charge in [0.1, 0.15) is 5.75 Å². The number of hydrogen-bond donors (Lipinski definition) is 2. The lowest BCUT2D eigenvalue weighted by atomic mass is 9.96. The van der Waals surface area contributed by atoms with Crippen LogP contribution in [0.5, 0.6) is 5.75 Å². The van der Waals surface area contributed by atoms with E-state index >= 15 is 0 Å². The van der Waals surface area contributed by atoms with Gasteiger partial charge in [0, 0.05) is 31.2 Å². The van der Waals surface area contributed by atoms with Gasteiger partial charge in [0.15, 0.2) is 5.11 Å². The van der Waals surface area contributed by atoms with Crippen LogP contribution in [-0.4, -0.2) is 33.5 Å². The van der Waals surface area contributed by atoms with E-state index in [1.807, 2.05) is 41.3 Å². The molecule has 1 aliphatic heterocycles. The lowest BCUT2D eigenvalue weighted by molar-refractivity contribution is 0.186. The molecule has 0 radical (unpaired) electrons. The van der Waals surface area contributed by atoms with E-state index in [1.165, 1.54) is 0 Å². The Morgan fingerprint density at radius 1 is 1.17 bits per heavy atom. The summed E-state index contributed by atoms with van der Waals surface area (Å²) in [5, 5.41) is 14.6. The van der Waals surface area contributed by atoms with Crippen molar-refractivity contribution >= 4 is 23.0 Å². The van der Waals surface area contributed by atoms with Crippen LogP contribution in [0.25, 0.3) is 0 Å². The van der Waals surface area contributed by atoms with Gasteiger partial charge >= 0.3 is 0 Å². The van der Waals surface area contributed by atoms with Gasteiger partial charge in [-0.3, -0.25) is 4.98 Å². The smallest absolute Gasteiger partial charge is 0.174 e. The van der Waals surface area contributed by atoms with E-state index in [0.29, 0.717) is 17.4 Å². The number of phenolic OH excluding ortho intramolecular Hbond substituents is 1. The Morgan fingerprint density at radius 2 is 1.93 bits per heavy atom. The van der Waals surface area contributed by atoms with Gasteiger partial charge in [0.2, 0.25) is 0 Å². The van der Waals surface area contributed by atoms with Gasteiger partial charge in [-0.15, -0.1) is 0 Å². The van der Waals surface area contributed by atoms with Crippen molar-refractivity contribution in [2.75, 3.05) is 18.6 Å². The van der Waals surface area contributed by atoms with E-state index in [4.69, 9.17) is 17.0 Å². The van der Waals surface area contributed by atoms with Crippen LogP contribution >= 0.6 is 12.2 Å². The minimum atomic E-state index is -0.150. The van der Waals surface area contributed by atoms with Crippen molar-refractivity contribution in [3.8, 4) is 5.75 Å².